The predicted molar refractivity (Wildman–Crippen MR) is 76.3 cm³/mol. The van der Waals surface area contributed by atoms with Crippen molar-refractivity contribution >= 4 is 21.4 Å². The molecular weight excluding hydrogens is 300 g/mol. The molecule has 2 aromatic rings. The third-order valence-corrected chi connectivity index (χ3v) is 4.28. The summed E-state index contributed by atoms with van der Waals surface area (Å²) in [5, 5.41) is 14.5. The largest absolute Gasteiger partial charge is 0.495 e. The van der Waals surface area contributed by atoms with Crippen LogP contribution in [0.25, 0.3) is 10.7 Å². The van der Waals surface area contributed by atoms with Crippen LogP contribution < -0.4 is 9.88 Å². The number of sulfonamides is 1. The Bertz CT molecular complexity index is 725. The van der Waals surface area contributed by atoms with Crippen LogP contribution in [0.5, 0.6) is 5.75 Å². The zero-order chi connectivity index (χ0) is 15.1. The van der Waals surface area contributed by atoms with Crippen molar-refractivity contribution in [3.05, 3.63) is 11.4 Å². The molecule has 0 atom stereocenters. The van der Waals surface area contributed by atoms with E-state index in [1.165, 1.54) is 15.9 Å². The smallest absolute Gasteiger partial charge is 0.273 e. The minimum atomic E-state index is -3.95. The Morgan fingerprint density at radius 2 is 2.00 bits per heavy atom. The van der Waals surface area contributed by atoms with Crippen molar-refractivity contribution in [1.29, 1.82) is 0 Å². The lowest BCUT2D eigenvalue weighted by molar-refractivity contribution is 0.365. The van der Waals surface area contributed by atoms with Gasteiger partial charge in [-0.1, -0.05) is 0 Å². The van der Waals surface area contributed by atoms with Gasteiger partial charge >= 0.3 is 0 Å². The normalized spacial score (nSPS) is 12.7. The van der Waals surface area contributed by atoms with Gasteiger partial charge in [-0.05, 0) is 32.2 Å². The van der Waals surface area contributed by atoms with Crippen molar-refractivity contribution in [2.24, 2.45) is 5.14 Å². The zero-order valence-electron chi connectivity index (χ0n) is 11.6. The highest BCUT2D eigenvalue weighted by atomic mass is 32.2. The lowest BCUT2D eigenvalue weighted by atomic mass is 10.1. The molecule has 20 heavy (non-hydrogen) atoms. The summed E-state index contributed by atoms with van der Waals surface area (Å²) in [5.41, 5.74) is -0.546. The monoisotopic (exact) mass is 316 g/mol. The molecule has 0 saturated carbocycles. The van der Waals surface area contributed by atoms with Crippen molar-refractivity contribution < 1.29 is 13.2 Å². The number of hydrogen-bond acceptors (Lipinski definition) is 6. The second kappa shape index (κ2) is 4.83. The number of nitrogens with two attached hydrogens (primary N) is 1. The highest BCUT2D eigenvalue weighted by Gasteiger charge is 2.30. The van der Waals surface area contributed by atoms with E-state index in [2.05, 4.69) is 10.2 Å². The van der Waals surface area contributed by atoms with Crippen molar-refractivity contribution in [1.82, 2.24) is 14.8 Å². The predicted octanol–water partition coefficient (Wildman–Crippen LogP) is 1.42. The summed E-state index contributed by atoms with van der Waals surface area (Å²) in [7, 11) is -2.41. The van der Waals surface area contributed by atoms with Gasteiger partial charge in [0.15, 0.2) is 5.82 Å². The first-order valence-corrected chi connectivity index (χ1v) is 8.19. The van der Waals surface area contributed by atoms with Gasteiger partial charge in [-0.2, -0.15) is 0 Å². The average Bonchev–Trinajstić information content (AvgIpc) is 2.92. The van der Waals surface area contributed by atoms with Gasteiger partial charge in [0.05, 0.1) is 7.11 Å². The summed E-state index contributed by atoms with van der Waals surface area (Å²) >= 11 is 1.40. The molecule has 0 bridgehead atoms. The highest BCUT2D eigenvalue weighted by Crippen LogP contribution is 2.37. The first kappa shape index (κ1) is 14.9. The third kappa shape index (κ3) is 2.56. The van der Waals surface area contributed by atoms with Crippen LogP contribution in [0, 0.1) is 0 Å². The number of hydrogen-bond donors (Lipinski definition) is 1. The van der Waals surface area contributed by atoms with E-state index >= 15 is 0 Å². The molecule has 0 saturated heterocycles. The first-order valence-electron chi connectivity index (χ1n) is 5.77. The lowest BCUT2D eigenvalue weighted by Gasteiger charge is -2.24. The van der Waals surface area contributed by atoms with E-state index in [-0.39, 0.29) is 5.16 Å². The maximum Gasteiger partial charge on any atom is 0.273 e. The van der Waals surface area contributed by atoms with Gasteiger partial charge in [0.2, 0.25) is 0 Å². The minimum Gasteiger partial charge on any atom is -0.495 e. The molecule has 0 unspecified atom stereocenters. The Kier molecular flexibility index (Phi) is 3.61. The van der Waals surface area contributed by atoms with E-state index in [1.54, 1.807) is 13.2 Å². The summed E-state index contributed by atoms with van der Waals surface area (Å²) in [6.45, 7) is 5.57. The third-order valence-electron chi connectivity index (χ3n) is 2.61. The van der Waals surface area contributed by atoms with Crippen LogP contribution in [0.3, 0.4) is 0 Å². The maximum atomic E-state index is 11.7. The molecule has 0 fully saturated rings. The number of methoxy groups -OCH3 is 1. The lowest BCUT2D eigenvalue weighted by Crippen LogP contribution is -2.29. The van der Waals surface area contributed by atoms with E-state index in [1.807, 2.05) is 26.2 Å². The second-order valence-corrected chi connectivity index (χ2v) is 7.55. The van der Waals surface area contributed by atoms with Gasteiger partial charge in [-0.3, -0.25) is 4.57 Å². The molecule has 9 heteroatoms. The zero-order valence-corrected chi connectivity index (χ0v) is 13.2. The molecule has 0 aromatic carbocycles. The molecule has 0 aliphatic heterocycles. The molecule has 2 aromatic heterocycles. The van der Waals surface area contributed by atoms with E-state index < -0.39 is 15.6 Å². The van der Waals surface area contributed by atoms with Gasteiger partial charge < -0.3 is 4.74 Å². The molecule has 2 heterocycles. The first-order chi connectivity index (χ1) is 9.16. The number of primary sulfonamides is 1. The molecule has 110 valence electrons. The molecule has 0 aliphatic rings. The second-order valence-electron chi connectivity index (χ2n) is 5.18. The Labute approximate surface area is 121 Å². The fourth-order valence-electron chi connectivity index (χ4n) is 1.83. The average molecular weight is 316 g/mol. The Hall–Kier alpha value is -1.45. The van der Waals surface area contributed by atoms with Crippen molar-refractivity contribution in [3.63, 3.8) is 0 Å². The fourth-order valence-corrected chi connectivity index (χ4v) is 3.43. The fraction of sp³-hybridized carbons (Fsp3) is 0.455. The van der Waals surface area contributed by atoms with Crippen LogP contribution >= 0.6 is 11.3 Å². The van der Waals surface area contributed by atoms with Gasteiger partial charge in [0.1, 0.15) is 10.6 Å². The van der Waals surface area contributed by atoms with E-state index in [0.717, 1.165) is 0 Å². The van der Waals surface area contributed by atoms with Crippen molar-refractivity contribution in [2.45, 2.75) is 31.5 Å². The number of ether oxygens (including phenoxy) is 1. The number of thiophene rings is 1. The summed E-state index contributed by atoms with van der Waals surface area (Å²) in [6.07, 6.45) is 0. The summed E-state index contributed by atoms with van der Waals surface area (Å²) in [5.74, 6) is 1.04. The SMILES string of the molecule is COc1ccsc1-c1nnc(S(N)(=O)=O)n1C(C)(C)C. The molecule has 7 nitrogen and oxygen atoms in total. The van der Waals surface area contributed by atoms with Crippen LogP contribution in [0.2, 0.25) is 0 Å². The Morgan fingerprint density at radius 1 is 1.35 bits per heavy atom. The van der Waals surface area contributed by atoms with Crippen LogP contribution in [0.1, 0.15) is 20.8 Å². The molecule has 0 aliphatic carbocycles. The maximum absolute atomic E-state index is 11.7. The van der Waals surface area contributed by atoms with Crippen LogP contribution in [0.15, 0.2) is 16.6 Å². The number of aromatic nitrogens is 3. The van der Waals surface area contributed by atoms with Gasteiger partial charge in [-0.25, -0.2) is 13.6 Å². The molecule has 0 radical (unpaired) electrons. The Morgan fingerprint density at radius 3 is 2.50 bits per heavy atom. The molecule has 2 N–H and O–H groups in total. The minimum absolute atomic E-state index is 0.254. The van der Waals surface area contributed by atoms with Crippen LogP contribution in [-0.4, -0.2) is 30.3 Å². The van der Waals surface area contributed by atoms with E-state index in [4.69, 9.17) is 9.88 Å². The van der Waals surface area contributed by atoms with Gasteiger partial charge in [-0.15, -0.1) is 21.5 Å². The van der Waals surface area contributed by atoms with Gasteiger partial charge in [0.25, 0.3) is 15.2 Å². The quantitative estimate of drug-likeness (QED) is 0.923. The van der Waals surface area contributed by atoms with Crippen LogP contribution in [0.4, 0.5) is 0 Å². The molecule has 0 spiro atoms. The van der Waals surface area contributed by atoms with E-state index in [0.29, 0.717) is 16.5 Å². The van der Waals surface area contributed by atoms with Crippen molar-refractivity contribution in [3.8, 4) is 16.5 Å². The molecular formula is C11H16N4O3S2. The van der Waals surface area contributed by atoms with Crippen molar-refractivity contribution in [2.75, 3.05) is 7.11 Å². The summed E-state index contributed by atoms with van der Waals surface area (Å²) in [6, 6.07) is 1.79. The van der Waals surface area contributed by atoms with Crippen LogP contribution in [-0.2, 0) is 15.6 Å². The topological polar surface area (TPSA) is 100 Å². The summed E-state index contributed by atoms with van der Waals surface area (Å²) in [4.78, 5) is 0.713. The molecule has 2 rings (SSSR count). The van der Waals surface area contributed by atoms with Gasteiger partial charge in [0, 0.05) is 5.54 Å². The summed E-state index contributed by atoms with van der Waals surface area (Å²) < 4.78 is 30.1. The Balaban J connectivity index is 2.77. The van der Waals surface area contributed by atoms with E-state index in [9.17, 15) is 8.42 Å². The number of rotatable bonds is 3. The molecule has 0 amide bonds. The standard InChI is InChI=1S/C11H16N4O3S2/c1-11(2,3)15-9(8-7(18-4)5-6-19-8)13-14-10(15)20(12,16)17/h5-6H,1-4H3,(H2,12,16,17). The number of nitrogens with zero attached hydrogens (tertiary/aromatic N) is 3. The highest BCUT2D eigenvalue weighted by molar-refractivity contribution is 7.89.